The molecule has 0 spiro atoms. The summed E-state index contributed by atoms with van der Waals surface area (Å²) in [6, 6.07) is 0. The highest BCUT2D eigenvalue weighted by atomic mass is 32.2. The molecule has 6 nitrogen and oxygen atoms in total. The van der Waals surface area contributed by atoms with Crippen molar-refractivity contribution in [2.45, 2.75) is 38.6 Å². The van der Waals surface area contributed by atoms with E-state index in [2.05, 4.69) is 17.0 Å². The van der Waals surface area contributed by atoms with E-state index in [1.165, 1.54) is 0 Å². The largest absolute Gasteiger partial charge is 0.379 e. The molecule has 20 heavy (non-hydrogen) atoms. The highest BCUT2D eigenvalue weighted by Crippen LogP contribution is 2.22. The van der Waals surface area contributed by atoms with E-state index in [1.54, 1.807) is 4.31 Å². The Balaban J connectivity index is 1.85. The molecule has 0 aromatic rings. The van der Waals surface area contributed by atoms with Gasteiger partial charge >= 0.3 is 0 Å². The first-order chi connectivity index (χ1) is 9.45. The van der Waals surface area contributed by atoms with E-state index < -0.39 is 15.7 Å². The van der Waals surface area contributed by atoms with Crippen LogP contribution >= 0.6 is 0 Å². The van der Waals surface area contributed by atoms with Crippen LogP contribution in [0.25, 0.3) is 0 Å². The second-order valence-electron chi connectivity index (χ2n) is 6.12. The summed E-state index contributed by atoms with van der Waals surface area (Å²) in [4.78, 5) is 0. The van der Waals surface area contributed by atoms with E-state index in [-0.39, 0.29) is 0 Å². The van der Waals surface area contributed by atoms with E-state index in [1.807, 2.05) is 6.92 Å². The fraction of sp³-hybridized carbons (Fsp3) is 1.00. The zero-order valence-corrected chi connectivity index (χ0v) is 13.3. The molecule has 0 aromatic heterocycles. The van der Waals surface area contributed by atoms with Crippen LogP contribution in [0.5, 0.6) is 0 Å². The highest BCUT2D eigenvalue weighted by Gasteiger charge is 2.37. The molecule has 118 valence electrons. The normalized spacial score (nSPS) is 29.9. The molecule has 0 amide bonds. The summed E-state index contributed by atoms with van der Waals surface area (Å²) in [5, 5.41) is 3.34. The number of nitrogens with one attached hydrogen (secondary N) is 2. The lowest BCUT2D eigenvalue weighted by molar-refractivity contribution is 0.176. The summed E-state index contributed by atoms with van der Waals surface area (Å²) in [5.74, 6) is 0.590. The molecule has 2 N–H and O–H groups in total. The molecular weight excluding hydrogens is 278 g/mol. The van der Waals surface area contributed by atoms with Crippen molar-refractivity contribution in [1.82, 2.24) is 14.3 Å². The van der Waals surface area contributed by atoms with Gasteiger partial charge in [-0.2, -0.15) is 17.4 Å². The van der Waals surface area contributed by atoms with Crippen molar-refractivity contribution in [3.05, 3.63) is 0 Å². The van der Waals surface area contributed by atoms with E-state index in [0.29, 0.717) is 32.2 Å². The number of piperidine rings is 1. The summed E-state index contributed by atoms with van der Waals surface area (Å²) < 4.78 is 34.5. The van der Waals surface area contributed by atoms with Crippen molar-refractivity contribution in [1.29, 1.82) is 0 Å². The summed E-state index contributed by atoms with van der Waals surface area (Å²) in [6.07, 6.45) is 2.60. The summed E-state index contributed by atoms with van der Waals surface area (Å²) in [6.45, 7) is 8.28. The van der Waals surface area contributed by atoms with Gasteiger partial charge in [0.15, 0.2) is 0 Å². The third-order valence-corrected chi connectivity index (χ3v) is 5.99. The van der Waals surface area contributed by atoms with Gasteiger partial charge in [-0.15, -0.1) is 0 Å². The minimum atomic E-state index is -3.39. The van der Waals surface area contributed by atoms with Crippen molar-refractivity contribution in [3.63, 3.8) is 0 Å². The van der Waals surface area contributed by atoms with Gasteiger partial charge in [-0.1, -0.05) is 6.92 Å². The summed E-state index contributed by atoms with van der Waals surface area (Å²) in [7, 11) is -3.39. The predicted octanol–water partition coefficient (Wildman–Crippen LogP) is 0.321. The molecular formula is C13H27N3O3S. The van der Waals surface area contributed by atoms with Crippen LogP contribution < -0.4 is 10.0 Å². The van der Waals surface area contributed by atoms with Gasteiger partial charge in [-0.25, -0.2) is 0 Å². The Hall–Kier alpha value is -0.210. The van der Waals surface area contributed by atoms with E-state index in [9.17, 15) is 8.42 Å². The van der Waals surface area contributed by atoms with Crippen LogP contribution in [0.4, 0.5) is 0 Å². The molecule has 2 aliphatic rings. The maximum atomic E-state index is 12.4. The van der Waals surface area contributed by atoms with Gasteiger partial charge in [0, 0.05) is 19.7 Å². The fourth-order valence-electron chi connectivity index (χ4n) is 2.83. The lowest BCUT2D eigenvalue weighted by Gasteiger charge is -2.34. The molecule has 2 fully saturated rings. The fourth-order valence-corrected chi connectivity index (χ4v) is 4.43. The molecule has 7 heteroatoms. The molecule has 2 saturated heterocycles. The van der Waals surface area contributed by atoms with Gasteiger partial charge in [0.05, 0.1) is 12.1 Å². The van der Waals surface area contributed by atoms with Crippen molar-refractivity contribution in [3.8, 4) is 0 Å². The van der Waals surface area contributed by atoms with Crippen LogP contribution in [0, 0.1) is 5.92 Å². The van der Waals surface area contributed by atoms with Crippen molar-refractivity contribution < 1.29 is 13.2 Å². The molecule has 2 rings (SSSR count). The maximum absolute atomic E-state index is 12.4. The summed E-state index contributed by atoms with van der Waals surface area (Å²) in [5.41, 5.74) is -0.445. The van der Waals surface area contributed by atoms with Crippen LogP contribution in [-0.4, -0.2) is 57.7 Å². The minimum absolute atomic E-state index is 0.445. The van der Waals surface area contributed by atoms with Crippen LogP contribution in [-0.2, 0) is 14.9 Å². The average molecular weight is 305 g/mol. The van der Waals surface area contributed by atoms with E-state index >= 15 is 0 Å². The SMILES string of the molecule is CCNCC1CCN(S(=O)(=O)NC2(C)CCOC2)CC1. The van der Waals surface area contributed by atoms with Gasteiger partial charge in [0.2, 0.25) is 0 Å². The molecule has 1 unspecified atom stereocenters. The summed E-state index contributed by atoms with van der Waals surface area (Å²) >= 11 is 0. The van der Waals surface area contributed by atoms with Gasteiger partial charge in [0.1, 0.15) is 0 Å². The first kappa shape index (κ1) is 16.2. The smallest absolute Gasteiger partial charge is 0.280 e. The van der Waals surface area contributed by atoms with Gasteiger partial charge < -0.3 is 10.1 Å². The number of ether oxygens (including phenoxy) is 1. The Morgan fingerprint density at radius 1 is 1.35 bits per heavy atom. The predicted molar refractivity (Wildman–Crippen MR) is 78.7 cm³/mol. The van der Waals surface area contributed by atoms with Crippen LogP contribution in [0.3, 0.4) is 0 Å². The Morgan fingerprint density at radius 3 is 2.60 bits per heavy atom. The Morgan fingerprint density at radius 2 is 2.05 bits per heavy atom. The monoisotopic (exact) mass is 305 g/mol. The molecule has 0 aliphatic carbocycles. The molecule has 0 aromatic carbocycles. The minimum Gasteiger partial charge on any atom is -0.379 e. The topological polar surface area (TPSA) is 70.7 Å². The van der Waals surface area contributed by atoms with Crippen LogP contribution in [0.1, 0.15) is 33.1 Å². The zero-order valence-electron chi connectivity index (χ0n) is 12.5. The lowest BCUT2D eigenvalue weighted by atomic mass is 9.98. The van der Waals surface area contributed by atoms with Crippen molar-refractivity contribution >= 4 is 10.2 Å². The quantitative estimate of drug-likeness (QED) is 0.741. The molecule has 1 atom stereocenters. The first-order valence-corrected chi connectivity index (χ1v) is 8.97. The number of hydrogen-bond acceptors (Lipinski definition) is 4. The lowest BCUT2D eigenvalue weighted by Crippen LogP contribution is -2.54. The number of nitrogens with zero attached hydrogens (tertiary/aromatic N) is 1. The highest BCUT2D eigenvalue weighted by molar-refractivity contribution is 7.87. The molecule has 2 aliphatic heterocycles. The standard InChI is InChI=1S/C13H27N3O3S/c1-3-14-10-12-4-7-16(8-5-12)20(17,18)15-13(2)6-9-19-11-13/h12,14-15H,3-11H2,1-2H3. The van der Waals surface area contributed by atoms with E-state index in [0.717, 1.165) is 32.4 Å². The zero-order chi connectivity index (χ0) is 14.6. The first-order valence-electron chi connectivity index (χ1n) is 7.53. The molecule has 0 radical (unpaired) electrons. The van der Waals surface area contributed by atoms with Gasteiger partial charge in [-0.05, 0) is 45.2 Å². The average Bonchev–Trinajstić information content (AvgIpc) is 2.82. The van der Waals surface area contributed by atoms with Crippen LogP contribution in [0.2, 0.25) is 0 Å². The Labute approximate surface area is 122 Å². The second-order valence-corrected chi connectivity index (χ2v) is 7.79. The number of hydrogen-bond donors (Lipinski definition) is 2. The van der Waals surface area contributed by atoms with E-state index in [4.69, 9.17) is 4.74 Å². The third kappa shape index (κ3) is 4.14. The van der Waals surface area contributed by atoms with Crippen molar-refractivity contribution in [2.75, 3.05) is 39.4 Å². The van der Waals surface area contributed by atoms with Gasteiger partial charge in [-0.3, -0.25) is 0 Å². The second kappa shape index (κ2) is 6.70. The maximum Gasteiger partial charge on any atom is 0.280 e. The number of rotatable bonds is 6. The molecule has 0 bridgehead atoms. The van der Waals surface area contributed by atoms with Crippen molar-refractivity contribution in [2.24, 2.45) is 5.92 Å². The Kier molecular flexibility index (Phi) is 5.42. The third-order valence-electron chi connectivity index (χ3n) is 4.19. The Bertz CT molecular complexity index is 399. The molecule has 2 heterocycles. The van der Waals surface area contributed by atoms with Crippen LogP contribution in [0.15, 0.2) is 0 Å². The van der Waals surface area contributed by atoms with Gasteiger partial charge in [0.25, 0.3) is 10.2 Å². The molecule has 0 saturated carbocycles.